The summed E-state index contributed by atoms with van der Waals surface area (Å²) in [5.74, 6) is 3.21. The molecule has 1 amide bonds. The Morgan fingerprint density at radius 3 is 3.00 bits per heavy atom. The monoisotopic (exact) mass is 258 g/mol. The first-order valence-electron chi connectivity index (χ1n) is 6.78. The summed E-state index contributed by atoms with van der Waals surface area (Å²) in [4.78, 5) is 14.0. The van der Waals surface area contributed by atoms with Crippen LogP contribution in [0.3, 0.4) is 0 Å². The summed E-state index contributed by atoms with van der Waals surface area (Å²) in [6.45, 7) is 5.16. The molecule has 1 fully saturated rings. The van der Waals surface area contributed by atoms with Crippen LogP contribution >= 0.6 is 11.8 Å². The highest BCUT2D eigenvalue weighted by molar-refractivity contribution is 7.99. The van der Waals surface area contributed by atoms with Crippen molar-refractivity contribution in [1.29, 1.82) is 0 Å². The van der Waals surface area contributed by atoms with Crippen molar-refractivity contribution >= 4 is 17.7 Å². The van der Waals surface area contributed by atoms with Crippen molar-refractivity contribution in [3.8, 4) is 0 Å². The highest BCUT2D eigenvalue weighted by atomic mass is 32.2. The molecule has 0 spiro atoms. The van der Waals surface area contributed by atoms with Gasteiger partial charge in [-0.15, -0.1) is 0 Å². The van der Waals surface area contributed by atoms with E-state index in [1.54, 1.807) is 0 Å². The van der Waals surface area contributed by atoms with Gasteiger partial charge in [0.05, 0.1) is 0 Å². The molecule has 1 N–H and O–H groups in total. The fraction of sp³-hybridized carbons (Fsp3) is 0.923. The first-order chi connectivity index (χ1) is 8.27. The van der Waals surface area contributed by atoms with Gasteiger partial charge in [0.15, 0.2) is 0 Å². The number of hydrogen-bond donors (Lipinski definition) is 1. The lowest BCUT2D eigenvalue weighted by molar-refractivity contribution is -0.129. The Balaban J connectivity index is 2.08. The minimum atomic E-state index is 0.354. The second-order valence-corrected chi connectivity index (χ2v) is 5.99. The fourth-order valence-electron chi connectivity index (χ4n) is 2.18. The number of thioether (sulfide) groups is 1. The Kier molecular flexibility index (Phi) is 7.69. The second kappa shape index (κ2) is 8.81. The van der Waals surface area contributed by atoms with E-state index in [0.717, 1.165) is 38.2 Å². The van der Waals surface area contributed by atoms with Crippen LogP contribution in [-0.4, -0.2) is 49.0 Å². The Morgan fingerprint density at radius 2 is 2.29 bits per heavy atom. The van der Waals surface area contributed by atoms with Gasteiger partial charge in [-0.05, 0) is 38.1 Å². The lowest BCUT2D eigenvalue weighted by Crippen LogP contribution is -2.30. The van der Waals surface area contributed by atoms with Crippen molar-refractivity contribution < 1.29 is 4.79 Å². The zero-order valence-corrected chi connectivity index (χ0v) is 12.0. The summed E-state index contributed by atoms with van der Waals surface area (Å²) in [6, 6.07) is 0. The van der Waals surface area contributed by atoms with E-state index in [1.165, 1.54) is 18.6 Å². The van der Waals surface area contributed by atoms with Gasteiger partial charge in [-0.3, -0.25) is 4.79 Å². The summed E-state index contributed by atoms with van der Waals surface area (Å²) in [6.07, 6.45) is 4.40. The minimum absolute atomic E-state index is 0.354. The molecule has 1 saturated heterocycles. The van der Waals surface area contributed by atoms with Crippen LogP contribution in [0.15, 0.2) is 0 Å². The summed E-state index contributed by atoms with van der Waals surface area (Å²) in [7, 11) is 1.98. The van der Waals surface area contributed by atoms with Gasteiger partial charge in [-0.2, -0.15) is 11.8 Å². The number of amides is 1. The molecule has 1 aliphatic rings. The lowest BCUT2D eigenvalue weighted by atomic mass is 10.1. The smallest absolute Gasteiger partial charge is 0.223 e. The zero-order valence-electron chi connectivity index (χ0n) is 11.2. The molecule has 1 atom stereocenters. The molecule has 1 heterocycles. The van der Waals surface area contributed by atoms with Crippen molar-refractivity contribution in [3.63, 3.8) is 0 Å². The van der Waals surface area contributed by atoms with E-state index in [4.69, 9.17) is 0 Å². The highest BCUT2D eigenvalue weighted by Crippen LogP contribution is 2.17. The van der Waals surface area contributed by atoms with Crippen LogP contribution in [0.25, 0.3) is 0 Å². The first-order valence-corrected chi connectivity index (χ1v) is 7.93. The first kappa shape index (κ1) is 14.8. The van der Waals surface area contributed by atoms with Gasteiger partial charge >= 0.3 is 0 Å². The van der Waals surface area contributed by atoms with E-state index in [-0.39, 0.29) is 0 Å². The van der Waals surface area contributed by atoms with E-state index in [1.807, 2.05) is 23.7 Å². The third-order valence-electron chi connectivity index (χ3n) is 3.23. The molecule has 100 valence electrons. The van der Waals surface area contributed by atoms with Gasteiger partial charge in [0.2, 0.25) is 5.91 Å². The van der Waals surface area contributed by atoms with E-state index in [9.17, 15) is 4.79 Å². The minimum Gasteiger partial charge on any atom is -0.342 e. The third-order valence-corrected chi connectivity index (χ3v) is 4.30. The molecular weight excluding hydrogens is 232 g/mol. The maximum absolute atomic E-state index is 11.9. The van der Waals surface area contributed by atoms with Crippen LogP contribution in [0.4, 0.5) is 0 Å². The Labute approximate surface area is 110 Å². The highest BCUT2D eigenvalue weighted by Gasteiger charge is 2.24. The van der Waals surface area contributed by atoms with E-state index < -0.39 is 0 Å². The van der Waals surface area contributed by atoms with Crippen LogP contribution in [0.2, 0.25) is 0 Å². The molecule has 0 aliphatic carbocycles. The number of unbranched alkanes of at least 4 members (excludes halogenated alkanes) is 1. The molecular formula is C13H26N2OS. The van der Waals surface area contributed by atoms with Crippen LogP contribution in [0.5, 0.6) is 0 Å². The Hall–Kier alpha value is -0.220. The topological polar surface area (TPSA) is 32.3 Å². The molecule has 1 unspecified atom stereocenters. The number of likely N-dealkylation sites (tertiary alicyclic amines) is 1. The van der Waals surface area contributed by atoms with E-state index >= 15 is 0 Å². The molecule has 0 aromatic rings. The Bertz CT molecular complexity index is 223. The van der Waals surface area contributed by atoms with Crippen molar-refractivity contribution in [2.24, 2.45) is 5.92 Å². The van der Waals surface area contributed by atoms with Gasteiger partial charge in [0.1, 0.15) is 0 Å². The maximum atomic E-state index is 11.9. The van der Waals surface area contributed by atoms with Crippen LogP contribution < -0.4 is 5.32 Å². The fourth-order valence-corrected chi connectivity index (χ4v) is 3.20. The molecule has 1 aliphatic heterocycles. The lowest BCUT2D eigenvalue weighted by Gasteiger charge is -2.16. The molecule has 0 aromatic heterocycles. The average molecular weight is 258 g/mol. The van der Waals surface area contributed by atoms with Gasteiger partial charge < -0.3 is 10.2 Å². The van der Waals surface area contributed by atoms with E-state index in [2.05, 4.69) is 12.2 Å². The molecule has 0 bridgehead atoms. The van der Waals surface area contributed by atoms with Crippen LogP contribution in [0, 0.1) is 5.92 Å². The SMILES string of the molecule is CCCCSCCC(=O)N1CCC(CNC)C1. The molecule has 4 heteroatoms. The van der Waals surface area contributed by atoms with Crippen molar-refractivity contribution in [2.45, 2.75) is 32.6 Å². The number of nitrogens with zero attached hydrogens (tertiary/aromatic N) is 1. The van der Waals surface area contributed by atoms with E-state index in [0.29, 0.717) is 11.8 Å². The quantitative estimate of drug-likeness (QED) is 0.676. The number of nitrogens with one attached hydrogen (secondary N) is 1. The van der Waals surface area contributed by atoms with Crippen LogP contribution in [-0.2, 0) is 4.79 Å². The molecule has 3 nitrogen and oxygen atoms in total. The summed E-state index contributed by atoms with van der Waals surface area (Å²) < 4.78 is 0. The summed E-state index contributed by atoms with van der Waals surface area (Å²) in [5, 5.41) is 3.19. The average Bonchev–Trinajstić information content (AvgIpc) is 2.78. The standard InChI is InChI=1S/C13H26N2OS/c1-3-4-8-17-9-6-13(16)15-7-5-12(11-15)10-14-2/h12,14H,3-11H2,1-2H3. The number of carbonyl (C=O) groups is 1. The number of hydrogen-bond acceptors (Lipinski definition) is 3. The van der Waals surface area contributed by atoms with Gasteiger partial charge in [-0.1, -0.05) is 13.3 Å². The maximum Gasteiger partial charge on any atom is 0.223 e. The largest absolute Gasteiger partial charge is 0.342 e. The van der Waals surface area contributed by atoms with Gasteiger partial charge in [0.25, 0.3) is 0 Å². The van der Waals surface area contributed by atoms with Gasteiger partial charge in [-0.25, -0.2) is 0 Å². The Morgan fingerprint density at radius 1 is 1.47 bits per heavy atom. The second-order valence-electron chi connectivity index (χ2n) is 4.77. The zero-order chi connectivity index (χ0) is 12.5. The van der Waals surface area contributed by atoms with Gasteiger partial charge in [0, 0.05) is 25.3 Å². The molecule has 0 saturated carbocycles. The molecule has 1 rings (SSSR count). The number of rotatable bonds is 8. The third kappa shape index (κ3) is 5.77. The summed E-state index contributed by atoms with van der Waals surface area (Å²) >= 11 is 1.92. The number of carbonyl (C=O) groups excluding carboxylic acids is 1. The predicted molar refractivity (Wildman–Crippen MR) is 75.5 cm³/mol. The normalized spacial score (nSPS) is 19.9. The molecule has 0 aromatic carbocycles. The van der Waals surface area contributed by atoms with Crippen molar-refractivity contribution in [1.82, 2.24) is 10.2 Å². The predicted octanol–water partition coefficient (Wildman–Crippen LogP) is 1.98. The summed E-state index contributed by atoms with van der Waals surface area (Å²) in [5.41, 5.74) is 0. The van der Waals surface area contributed by atoms with Crippen molar-refractivity contribution in [3.05, 3.63) is 0 Å². The molecule has 17 heavy (non-hydrogen) atoms. The van der Waals surface area contributed by atoms with Crippen molar-refractivity contribution in [2.75, 3.05) is 38.2 Å². The molecule has 0 radical (unpaired) electrons. The van der Waals surface area contributed by atoms with Crippen LogP contribution in [0.1, 0.15) is 32.6 Å².